The second-order valence-corrected chi connectivity index (χ2v) is 10.6. The molecule has 11 heteroatoms. The van der Waals surface area contributed by atoms with Crippen LogP contribution in [0.4, 0.5) is 18.9 Å². The minimum Gasteiger partial charge on any atom is -0.366 e. The van der Waals surface area contributed by atoms with Crippen molar-refractivity contribution in [3.8, 4) is 0 Å². The van der Waals surface area contributed by atoms with Crippen LogP contribution in [0.25, 0.3) is 0 Å². The first-order valence-corrected chi connectivity index (χ1v) is 12.6. The quantitative estimate of drug-likeness (QED) is 0.559. The van der Waals surface area contributed by atoms with Crippen LogP contribution in [0.1, 0.15) is 68.3 Å². The molecule has 1 aliphatic heterocycles. The lowest BCUT2D eigenvalue weighted by atomic mass is 9.93. The van der Waals surface area contributed by atoms with Gasteiger partial charge in [0.05, 0.1) is 18.4 Å². The highest BCUT2D eigenvalue weighted by Gasteiger charge is 2.49. The highest BCUT2D eigenvalue weighted by molar-refractivity contribution is 5.94. The number of anilines is 1. The molecule has 2 fully saturated rings. The monoisotopic (exact) mass is 521 g/mol. The lowest BCUT2D eigenvalue weighted by Crippen LogP contribution is -2.42. The van der Waals surface area contributed by atoms with Crippen molar-refractivity contribution in [1.29, 1.82) is 0 Å². The van der Waals surface area contributed by atoms with Gasteiger partial charge in [-0.25, -0.2) is 0 Å². The largest absolute Gasteiger partial charge is 0.416 e. The molecule has 0 radical (unpaired) electrons. The van der Waals surface area contributed by atoms with Crippen molar-refractivity contribution in [1.82, 2.24) is 19.7 Å². The van der Waals surface area contributed by atoms with Gasteiger partial charge in [0.1, 0.15) is 11.6 Å². The van der Waals surface area contributed by atoms with E-state index in [0.29, 0.717) is 23.9 Å². The van der Waals surface area contributed by atoms with E-state index in [1.165, 1.54) is 6.92 Å². The zero-order valence-electron chi connectivity index (χ0n) is 21.9. The normalized spacial score (nSPS) is 20.4. The van der Waals surface area contributed by atoms with Gasteiger partial charge in [0.25, 0.3) is 0 Å². The minimum atomic E-state index is -4.49. The molecule has 2 aromatic rings. The van der Waals surface area contributed by atoms with Gasteiger partial charge in [-0.15, -0.1) is 10.2 Å². The molecule has 8 nitrogen and oxygen atoms in total. The Morgan fingerprint density at radius 1 is 1.14 bits per heavy atom. The van der Waals surface area contributed by atoms with Gasteiger partial charge in [0, 0.05) is 38.2 Å². The summed E-state index contributed by atoms with van der Waals surface area (Å²) in [5.74, 6) is -0.138. The zero-order chi connectivity index (χ0) is 27.1. The molecule has 1 aromatic carbocycles. The Hall–Kier alpha value is -2.95. The smallest absolute Gasteiger partial charge is 0.366 e. The van der Waals surface area contributed by atoms with E-state index in [-0.39, 0.29) is 43.3 Å². The van der Waals surface area contributed by atoms with E-state index in [1.807, 2.05) is 36.6 Å². The van der Waals surface area contributed by atoms with E-state index in [9.17, 15) is 22.8 Å². The highest BCUT2D eigenvalue weighted by atomic mass is 19.4. The van der Waals surface area contributed by atoms with Gasteiger partial charge >= 0.3 is 6.18 Å². The summed E-state index contributed by atoms with van der Waals surface area (Å²) in [6.07, 6.45) is -2.53. The third-order valence-electron chi connectivity index (χ3n) is 7.25. The summed E-state index contributed by atoms with van der Waals surface area (Å²) in [5, 5.41) is 11.7. The molecule has 1 saturated carbocycles. The summed E-state index contributed by atoms with van der Waals surface area (Å²) in [6.45, 7) is 7.78. The van der Waals surface area contributed by atoms with Gasteiger partial charge in [-0.1, -0.05) is 17.7 Å². The maximum absolute atomic E-state index is 13.5. The van der Waals surface area contributed by atoms with Crippen LogP contribution in [-0.4, -0.2) is 63.0 Å². The SMILES string of the molecule is CC(=O)N1C[C@H](C(=O)Nc2ccc(C)cc2C)[C@@H](c2nnc(CCOC(C)(C)C(F)(F)F)n2C2CC2)C1. The summed E-state index contributed by atoms with van der Waals surface area (Å²) in [6, 6.07) is 5.91. The number of alkyl halides is 3. The lowest BCUT2D eigenvalue weighted by molar-refractivity contribution is -0.263. The van der Waals surface area contributed by atoms with E-state index in [1.54, 1.807) is 4.90 Å². The second-order valence-electron chi connectivity index (χ2n) is 10.6. The Morgan fingerprint density at radius 3 is 2.43 bits per heavy atom. The molecule has 1 aliphatic carbocycles. The Kier molecular flexibility index (Phi) is 7.38. The molecule has 37 heavy (non-hydrogen) atoms. The standard InChI is InChI=1S/C26H34F3N5O3/c1-15-6-9-21(16(2)12-15)30-24(36)20-14-33(17(3)35)13-19(20)23-32-31-22(34(23)18-7-8-18)10-11-37-25(4,5)26(27,28)29/h6,9,12,18-20H,7-8,10-11,13-14H2,1-5H3,(H,30,36)/t19-,20-/m0/s1. The molecule has 2 heterocycles. The number of carbonyl (C=O) groups is 2. The number of halogens is 3. The Morgan fingerprint density at radius 2 is 1.84 bits per heavy atom. The van der Waals surface area contributed by atoms with Crippen molar-refractivity contribution in [3.63, 3.8) is 0 Å². The first-order valence-electron chi connectivity index (χ1n) is 12.6. The molecule has 1 N–H and O–H groups in total. The van der Waals surface area contributed by atoms with E-state index >= 15 is 0 Å². The van der Waals surface area contributed by atoms with Crippen LogP contribution in [0.15, 0.2) is 18.2 Å². The number of amides is 2. The molecular formula is C26H34F3N5O3. The second kappa shape index (κ2) is 10.1. The molecule has 4 rings (SSSR count). The van der Waals surface area contributed by atoms with Gasteiger partial charge in [-0.2, -0.15) is 13.2 Å². The van der Waals surface area contributed by atoms with Gasteiger partial charge in [0.2, 0.25) is 11.8 Å². The molecule has 0 bridgehead atoms. The number of nitrogens with zero attached hydrogens (tertiary/aromatic N) is 4. The molecule has 1 aromatic heterocycles. The van der Waals surface area contributed by atoms with Crippen LogP contribution >= 0.6 is 0 Å². The number of aromatic nitrogens is 3. The van der Waals surface area contributed by atoms with E-state index in [2.05, 4.69) is 15.5 Å². The number of aryl methyl sites for hydroxylation is 2. The molecule has 1 saturated heterocycles. The fraction of sp³-hybridized carbons (Fsp3) is 0.615. The maximum atomic E-state index is 13.5. The van der Waals surface area contributed by atoms with Gasteiger partial charge < -0.3 is 19.5 Å². The van der Waals surface area contributed by atoms with Gasteiger partial charge in [0.15, 0.2) is 5.60 Å². The topological polar surface area (TPSA) is 89.3 Å². The summed E-state index contributed by atoms with van der Waals surface area (Å²) in [5.41, 5.74) is 0.468. The Labute approximate surface area is 214 Å². The zero-order valence-corrected chi connectivity index (χ0v) is 21.9. The van der Waals surface area contributed by atoms with Crippen LogP contribution in [-0.2, 0) is 20.7 Å². The molecular weight excluding hydrogens is 487 g/mol. The maximum Gasteiger partial charge on any atom is 0.416 e. The van der Waals surface area contributed by atoms with Crippen molar-refractivity contribution in [2.75, 3.05) is 25.0 Å². The first kappa shape index (κ1) is 27.1. The predicted octanol–water partition coefficient (Wildman–Crippen LogP) is 4.33. The van der Waals surface area contributed by atoms with Crippen LogP contribution in [0, 0.1) is 19.8 Å². The molecule has 2 aliphatic rings. The fourth-order valence-corrected chi connectivity index (χ4v) is 4.74. The third-order valence-corrected chi connectivity index (χ3v) is 7.25. The molecule has 0 unspecified atom stereocenters. The number of rotatable bonds is 8. The van der Waals surface area contributed by atoms with E-state index in [0.717, 1.165) is 37.8 Å². The number of hydrogen-bond donors (Lipinski definition) is 1. The number of likely N-dealkylation sites (tertiary alicyclic amines) is 1. The van der Waals surface area contributed by atoms with Crippen molar-refractivity contribution in [3.05, 3.63) is 41.0 Å². The molecule has 2 atom stereocenters. The third kappa shape index (κ3) is 5.81. The van der Waals surface area contributed by atoms with E-state index in [4.69, 9.17) is 4.74 Å². The Bertz CT molecular complexity index is 1170. The Balaban J connectivity index is 1.57. The predicted molar refractivity (Wildman–Crippen MR) is 131 cm³/mol. The summed E-state index contributed by atoms with van der Waals surface area (Å²) >= 11 is 0. The fourth-order valence-electron chi connectivity index (χ4n) is 4.74. The van der Waals surface area contributed by atoms with Crippen LogP contribution < -0.4 is 5.32 Å². The number of carbonyl (C=O) groups excluding carboxylic acids is 2. The lowest BCUT2D eigenvalue weighted by Gasteiger charge is -2.27. The summed E-state index contributed by atoms with van der Waals surface area (Å²) in [4.78, 5) is 27.3. The van der Waals surface area contributed by atoms with Crippen LogP contribution in [0.5, 0.6) is 0 Å². The van der Waals surface area contributed by atoms with Crippen molar-refractivity contribution >= 4 is 17.5 Å². The number of ether oxygens (including phenoxy) is 1. The number of hydrogen-bond acceptors (Lipinski definition) is 5. The molecule has 2 amide bonds. The van der Waals surface area contributed by atoms with E-state index < -0.39 is 17.7 Å². The van der Waals surface area contributed by atoms with Crippen LogP contribution in [0.3, 0.4) is 0 Å². The van der Waals surface area contributed by atoms with Crippen molar-refractivity contribution in [2.45, 2.75) is 77.6 Å². The minimum absolute atomic E-state index is 0.130. The first-order chi connectivity index (χ1) is 17.3. The summed E-state index contributed by atoms with van der Waals surface area (Å²) < 4.78 is 46.6. The average Bonchev–Trinajstić information content (AvgIpc) is 3.38. The van der Waals surface area contributed by atoms with Crippen molar-refractivity contribution in [2.24, 2.45) is 5.92 Å². The van der Waals surface area contributed by atoms with Crippen molar-refractivity contribution < 1.29 is 27.5 Å². The summed E-state index contributed by atoms with van der Waals surface area (Å²) in [7, 11) is 0. The number of nitrogens with one attached hydrogen (secondary N) is 1. The number of benzene rings is 1. The highest BCUT2D eigenvalue weighted by Crippen LogP contribution is 2.41. The van der Waals surface area contributed by atoms with Gasteiger partial charge in [-0.3, -0.25) is 9.59 Å². The molecule has 0 spiro atoms. The molecule has 202 valence electrons. The van der Waals surface area contributed by atoms with Crippen LogP contribution in [0.2, 0.25) is 0 Å². The average molecular weight is 522 g/mol. The van der Waals surface area contributed by atoms with Gasteiger partial charge in [-0.05, 0) is 52.2 Å².